The summed E-state index contributed by atoms with van der Waals surface area (Å²) in [5.74, 6) is -0.309. The number of rotatable bonds is 5. The lowest BCUT2D eigenvalue weighted by Crippen LogP contribution is -2.15. The summed E-state index contributed by atoms with van der Waals surface area (Å²) < 4.78 is 27.8. The molecule has 160 valence electrons. The number of benzene rings is 4. The van der Waals surface area contributed by atoms with Crippen LogP contribution in [-0.2, 0) is 22.9 Å². The average molecular weight is 463 g/mol. The fraction of sp³-hybridized carbons (Fsp3) is 0.0800. The molecule has 4 aromatic rings. The zero-order valence-corrected chi connectivity index (χ0v) is 18.5. The van der Waals surface area contributed by atoms with Crippen LogP contribution in [0.25, 0.3) is 10.8 Å². The van der Waals surface area contributed by atoms with Crippen LogP contribution >= 0.6 is 11.6 Å². The van der Waals surface area contributed by atoms with Crippen molar-refractivity contribution in [3.05, 3.63) is 101 Å². The fourth-order valence-electron chi connectivity index (χ4n) is 4.10. The number of halogens is 1. The third kappa shape index (κ3) is 3.83. The highest BCUT2D eigenvalue weighted by molar-refractivity contribution is 7.92. The molecule has 1 aliphatic carbocycles. The number of hydrogen-bond acceptors (Lipinski definition) is 3. The Bertz CT molecular complexity index is 1450. The minimum Gasteiger partial charge on any atom is -0.321 e. The first-order chi connectivity index (χ1) is 15.4. The number of carbonyl (C=O) groups is 1. The molecule has 0 radical (unpaired) electrons. The van der Waals surface area contributed by atoms with Gasteiger partial charge in [0.25, 0.3) is 15.9 Å². The van der Waals surface area contributed by atoms with E-state index in [-0.39, 0.29) is 10.8 Å². The van der Waals surface area contributed by atoms with Gasteiger partial charge in [0.15, 0.2) is 0 Å². The standard InChI is InChI=1S/C25H19ClN2O3S/c26-19-10-12-21(13-11-19)32(30,31)28-20-5-1-4-18(15-20)25(29)27-23-14-9-17-8-7-16-3-2-6-22(23)24(16)17/h1-6,9-15,28H,7-8H2,(H,27,29). The number of nitrogens with one attached hydrogen (secondary N) is 2. The van der Waals surface area contributed by atoms with E-state index in [9.17, 15) is 13.2 Å². The van der Waals surface area contributed by atoms with Crippen molar-refractivity contribution in [2.45, 2.75) is 17.7 Å². The Morgan fingerprint density at radius 3 is 2.34 bits per heavy atom. The predicted molar refractivity (Wildman–Crippen MR) is 128 cm³/mol. The number of amides is 1. The van der Waals surface area contributed by atoms with Gasteiger partial charge in [-0.3, -0.25) is 9.52 Å². The van der Waals surface area contributed by atoms with E-state index < -0.39 is 10.0 Å². The molecule has 0 spiro atoms. The van der Waals surface area contributed by atoms with E-state index in [4.69, 9.17) is 11.6 Å². The zero-order chi connectivity index (χ0) is 22.3. The number of hydrogen-bond donors (Lipinski definition) is 2. The van der Waals surface area contributed by atoms with Gasteiger partial charge in [0.1, 0.15) is 0 Å². The summed E-state index contributed by atoms with van der Waals surface area (Å²) in [6.07, 6.45) is 2.03. The highest BCUT2D eigenvalue weighted by Crippen LogP contribution is 2.35. The molecular weight excluding hydrogens is 444 g/mol. The minimum atomic E-state index is -3.80. The highest BCUT2D eigenvalue weighted by Gasteiger charge is 2.18. The lowest BCUT2D eigenvalue weighted by molar-refractivity contribution is 0.102. The van der Waals surface area contributed by atoms with E-state index in [1.807, 2.05) is 18.2 Å². The second-order valence-electron chi connectivity index (χ2n) is 7.71. The molecular formula is C25H19ClN2O3S. The van der Waals surface area contributed by atoms with Gasteiger partial charge in [-0.25, -0.2) is 8.42 Å². The molecule has 1 amide bonds. The molecule has 5 nitrogen and oxygen atoms in total. The monoisotopic (exact) mass is 462 g/mol. The lowest BCUT2D eigenvalue weighted by Gasteiger charge is -2.12. The Hall–Kier alpha value is -3.35. The normalized spacial score (nSPS) is 12.7. The van der Waals surface area contributed by atoms with Gasteiger partial charge in [-0.1, -0.05) is 41.9 Å². The second-order valence-corrected chi connectivity index (χ2v) is 9.83. The molecule has 32 heavy (non-hydrogen) atoms. The summed E-state index contributed by atoms with van der Waals surface area (Å²) in [7, 11) is -3.80. The molecule has 5 rings (SSSR count). The fourth-order valence-corrected chi connectivity index (χ4v) is 5.28. The average Bonchev–Trinajstić information content (AvgIpc) is 3.20. The molecule has 0 saturated carbocycles. The van der Waals surface area contributed by atoms with Gasteiger partial charge in [-0.15, -0.1) is 0 Å². The molecule has 2 N–H and O–H groups in total. The minimum absolute atomic E-state index is 0.0876. The van der Waals surface area contributed by atoms with Crippen molar-refractivity contribution in [1.29, 1.82) is 0 Å². The quantitative estimate of drug-likeness (QED) is 0.402. The smallest absolute Gasteiger partial charge is 0.261 e. The first kappa shape index (κ1) is 20.5. The third-order valence-corrected chi connectivity index (χ3v) is 7.28. The molecule has 0 heterocycles. The first-order valence-corrected chi connectivity index (χ1v) is 12.0. The highest BCUT2D eigenvalue weighted by atomic mass is 35.5. The van der Waals surface area contributed by atoms with Gasteiger partial charge >= 0.3 is 0 Å². The Morgan fingerprint density at radius 2 is 1.56 bits per heavy atom. The summed E-state index contributed by atoms with van der Waals surface area (Å²) in [4.78, 5) is 13.1. The Labute approximate surface area is 191 Å². The van der Waals surface area contributed by atoms with Crippen LogP contribution in [0.4, 0.5) is 11.4 Å². The van der Waals surface area contributed by atoms with Crippen LogP contribution in [0.5, 0.6) is 0 Å². The number of anilines is 2. The van der Waals surface area contributed by atoms with Crippen molar-refractivity contribution < 1.29 is 13.2 Å². The SMILES string of the molecule is O=C(Nc1ccc2c3c(cccc13)CC2)c1cccc(NS(=O)(=O)c2ccc(Cl)cc2)c1. The second kappa shape index (κ2) is 7.97. The van der Waals surface area contributed by atoms with E-state index in [2.05, 4.69) is 22.2 Å². The van der Waals surface area contributed by atoms with Crippen LogP contribution in [0.15, 0.2) is 83.8 Å². The van der Waals surface area contributed by atoms with Crippen molar-refractivity contribution in [3.8, 4) is 0 Å². The molecule has 0 bridgehead atoms. The molecule has 0 atom stereocenters. The maximum absolute atomic E-state index is 13.0. The van der Waals surface area contributed by atoms with Crippen LogP contribution < -0.4 is 10.0 Å². The summed E-state index contributed by atoms with van der Waals surface area (Å²) in [5, 5.41) is 5.67. The molecule has 0 aromatic heterocycles. The molecule has 4 aromatic carbocycles. The number of carbonyl (C=O) groups excluding carboxylic acids is 1. The predicted octanol–water partition coefficient (Wildman–Crippen LogP) is 5.64. The van der Waals surface area contributed by atoms with Crippen molar-refractivity contribution >= 4 is 49.7 Å². The van der Waals surface area contributed by atoms with E-state index in [0.29, 0.717) is 16.3 Å². The molecule has 0 saturated heterocycles. The van der Waals surface area contributed by atoms with Gasteiger partial charge < -0.3 is 5.32 Å². The van der Waals surface area contributed by atoms with Crippen molar-refractivity contribution in [2.75, 3.05) is 10.0 Å². The van der Waals surface area contributed by atoms with Crippen molar-refractivity contribution in [2.24, 2.45) is 0 Å². The topological polar surface area (TPSA) is 75.3 Å². The van der Waals surface area contributed by atoms with Gasteiger partial charge in [0.2, 0.25) is 0 Å². The van der Waals surface area contributed by atoms with Crippen molar-refractivity contribution in [1.82, 2.24) is 0 Å². The maximum Gasteiger partial charge on any atom is 0.261 e. The number of aryl methyl sites for hydroxylation is 2. The number of sulfonamides is 1. The van der Waals surface area contributed by atoms with Crippen molar-refractivity contribution in [3.63, 3.8) is 0 Å². The summed E-state index contributed by atoms with van der Waals surface area (Å²) in [6.45, 7) is 0. The third-order valence-electron chi connectivity index (χ3n) is 5.63. The zero-order valence-electron chi connectivity index (χ0n) is 16.9. The maximum atomic E-state index is 13.0. The summed E-state index contributed by atoms with van der Waals surface area (Å²) in [6, 6.07) is 22.4. The van der Waals surface area contributed by atoms with E-state index in [0.717, 1.165) is 23.9 Å². The molecule has 0 unspecified atom stereocenters. The van der Waals surface area contributed by atoms with Gasteiger partial charge in [0.05, 0.1) is 4.90 Å². The van der Waals surface area contributed by atoms with Crippen LogP contribution in [0, 0.1) is 0 Å². The first-order valence-electron chi connectivity index (χ1n) is 10.1. The van der Waals surface area contributed by atoms with Crippen LogP contribution in [-0.4, -0.2) is 14.3 Å². The molecule has 1 aliphatic rings. The van der Waals surface area contributed by atoms with Crippen LogP contribution in [0.2, 0.25) is 5.02 Å². The Balaban J connectivity index is 1.40. The summed E-state index contributed by atoms with van der Waals surface area (Å²) >= 11 is 5.84. The van der Waals surface area contributed by atoms with Gasteiger partial charge in [-0.2, -0.15) is 0 Å². The van der Waals surface area contributed by atoms with Crippen LogP contribution in [0.1, 0.15) is 21.5 Å². The Morgan fingerprint density at radius 1 is 0.844 bits per heavy atom. The summed E-state index contributed by atoms with van der Waals surface area (Å²) in [5.41, 5.74) is 3.99. The van der Waals surface area contributed by atoms with Gasteiger partial charge in [0, 0.05) is 27.3 Å². The molecule has 7 heteroatoms. The van der Waals surface area contributed by atoms with E-state index in [1.165, 1.54) is 46.8 Å². The van der Waals surface area contributed by atoms with E-state index in [1.54, 1.807) is 18.2 Å². The molecule has 0 fully saturated rings. The van der Waals surface area contributed by atoms with Gasteiger partial charge in [-0.05, 0) is 77.9 Å². The Kier molecular flexibility index (Phi) is 5.12. The molecule has 0 aliphatic heterocycles. The lowest BCUT2D eigenvalue weighted by atomic mass is 10.0. The van der Waals surface area contributed by atoms with E-state index >= 15 is 0 Å². The largest absolute Gasteiger partial charge is 0.321 e. The van der Waals surface area contributed by atoms with Crippen LogP contribution in [0.3, 0.4) is 0 Å².